The van der Waals surface area contributed by atoms with E-state index in [1.165, 1.54) is 0 Å². The van der Waals surface area contributed by atoms with Crippen LogP contribution in [-0.4, -0.2) is 27.8 Å². The van der Waals surface area contributed by atoms with Gasteiger partial charge in [0.2, 0.25) is 0 Å². The lowest BCUT2D eigenvalue weighted by molar-refractivity contribution is 0.584. The Morgan fingerprint density at radius 3 is 2.28 bits per heavy atom. The van der Waals surface area contributed by atoms with Gasteiger partial charge in [-0.05, 0) is 36.6 Å². The van der Waals surface area contributed by atoms with Gasteiger partial charge in [-0.2, -0.15) is 0 Å². The van der Waals surface area contributed by atoms with Crippen molar-refractivity contribution in [1.29, 1.82) is 0 Å². The number of nitrogens with one attached hydrogen (secondary N) is 1. The van der Waals surface area contributed by atoms with Crippen molar-refractivity contribution in [2.75, 3.05) is 19.3 Å². The minimum atomic E-state index is -3.18. The van der Waals surface area contributed by atoms with Crippen LogP contribution in [0.1, 0.15) is 31.9 Å². The van der Waals surface area contributed by atoms with E-state index in [0.29, 0.717) is 11.4 Å². The molecule has 0 radical (unpaired) electrons. The van der Waals surface area contributed by atoms with Crippen LogP contribution in [0.4, 0.5) is 0 Å². The molecule has 0 spiro atoms. The molecule has 1 aromatic rings. The molecule has 0 heterocycles. The van der Waals surface area contributed by atoms with E-state index in [1.54, 1.807) is 13.1 Å². The van der Waals surface area contributed by atoms with Crippen LogP contribution >= 0.6 is 0 Å². The Kier molecular flexibility index (Phi) is 4.56. The fourth-order valence-electron chi connectivity index (χ4n) is 1.81. The van der Waals surface area contributed by atoms with Crippen LogP contribution < -0.4 is 5.32 Å². The smallest absolute Gasteiger partial charge is 0.179 e. The first-order valence-electron chi connectivity index (χ1n) is 6.17. The average molecular weight is 269 g/mol. The van der Waals surface area contributed by atoms with Gasteiger partial charge < -0.3 is 5.32 Å². The van der Waals surface area contributed by atoms with Gasteiger partial charge in [0.25, 0.3) is 0 Å². The molecule has 1 aromatic carbocycles. The zero-order chi connectivity index (χ0) is 14.0. The molecule has 0 amide bonds. The van der Waals surface area contributed by atoms with Crippen molar-refractivity contribution in [3.63, 3.8) is 0 Å². The van der Waals surface area contributed by atoms with Gasteiger partial charge >= 0.3 is 0 Å². The minimum Gasteiger partial charge on any atom is -0.319 e. The highest BCUT2D eigenvalue weighted by molar-refractivity contribution is 7.91. The van der Waals surface area contributed by atoms with Crippen LogP contribution in [0.25, 0.3) is 0 Å². The van der Waals surface area contributed by atoms with E-state index in [9.17, 15) is 8.42 Å². The van der Waals surface area contributed by atoms with Crippen molar-refractivity contribution in [2.24, 2.45) is 0 Å². The van der Waals surface area contributed by atoms with Gasteiger partial charge in [-0.3, -0.25) is 0 Å². The highest BCUT2D eigenvalue weighted by Crippen LogP contribution is 2.26. The predicted molar refractivity (Wildman–Crippen MR) is 75.9 cm³/mol. The summed E-state index contributed by atoms with van der Waals surface area (Å²) in [4.78, 5) is 0.450. The molecule has 0 bridgehead atoms. The quantitative estimate of drug-likeness (QED) is 0.912. The zero-order valence-corrected chi connectivity index (χ0v) is 12.7. The van der Waals surface area contributed by atoms with Crippen LogP contribution in [0, 0.1) is 6.92 Å². The topological polar surface area (TPSA) is 46.2 Å². The van der Waals surface area contributed by atoms with E-state index >= 15 is 0 Å². The Bertz CT molecular complexity index is 513. The third kappa shape index (κ3) is 3.56. The van der Waals surface area contributed by atoms with Gasteiger partial charge in [-0.25, -0.2) is 8.42 Å². The standard InChI is InChI=1S/C14H23NO2S/c1-11-10-12(14(2,3)4)6-7-13(11)18(16,17)9-8-15-5/h6-7,10,15H,8-9H2,1-5H3. The molecule has 0 aliphatic rings. The molecule has 0 atom stereocenters. The summed E-state index contributed by atoms with van der Waals surface area (Å²) in [6, 6.07) is 5.63. The highest BCUT2D eigenvalue weighted by Gasteiger charge is 2.19. The fourth-order valence-corrected chi connectivity index (χ4v) is 3.33. The third-order valence-corrected chi connectivity index (χ3v) is 4.87. The molecule has 0 aromatic heterocycles. The lowest BCUT2D eigenvalue weighted by atomic mass is 9.86. The summed E-state index contributed by atoms with van der Waals surface area (Å²) < 4.78 is 24.3. The molecule has 0 fully saturated rings. The molecule has 1 rings (SSSR count). The van der Waals surface area contributed by atoms with Gasteiger partial charge in [0.15, 0.2) is 9.84 Å². The van der Waals surface area contributed by atoms with Crippen molar-refractivity contribution in [1.82, 2.24) is 5.32 Å². The van der Waals surface area contributed by atoms with Crippen LogP contribution in [0.3, 0.4) is 0 Å². The summed E-state index contributed by atoms with van der Waals surface area (Å²) in [5.74, 6) is 0.138. The minimum absolute atomic E-state index is 0.0397. The molecule has 0 aliphatic carbocycles. The van der Waals surface area contributed by atoms with Crippen LogP contribution in [0.5, 0.6) is 0 Å². The Labute approximate surface area is 111 Å². The lowest BCUT2D eigenvalue weighted by Gasteiger charge is -2.20. The summed E-state index contributed by atoms with van der Waals surface area (Å²) in [5.41, 5.74) is 2.03. The molecular weight excluding hydrogens is 246 g/mol. The molecule has 0 saturated carbocycles. The first-order valence-corrected chi connectivity index (χ1v) is 7.82. The second kappa shape index (κ2) is 5.41. The third-order valence-electron chi connectivity index (χ3n) is 3.00. The molecular formula is C14H23NO2S. The van der Waals surface area contributed by atoms with Gasteiger partial charge in [0.05, 0.1) is 10.6 Å². The maximum absolute atomic E-state index is 12.1. The van der Waals surface area contributed by atoms with Gasteiger partial charge in [-0.1, -0.05) is 32.9 Å². The molecule has 3 nitrogen and oxygen atoms in total. The molecule has 0 saturated heterocycles. The maximum atomic E-state index is 12.1. The summed E-state index contributed by atoms with van der Waals surface area (Å²) in [7, 11) is -1.42. The molecule has 4 heteroatoms. The van der Waals surface area contributed by atoms with Crippen molar-refractivity contribution in [3.05, 3.63) is 29.3 Å². The van der Waals surface area contributed by atoms with Crippen LogP contribution in [0.2, 0.25) is 0 Å². The van der Waals surface area contributed by atoms with Crippen LogP contribution in [-0.2, 0) is 15.3 Å². The van der Waals surface area contributed by atoms with E-state index in [2.05, 4.69) is 26.1 Å². The van der Waals surface area contributed by atoms with Crippen molar-refractivity contribution in [3.8, 4) is 0 Å². The Hall–Kier alpha value is -0.870. The fraction of sp³-hybridized carbons (Fsp3) is 0.571. The van der Waals surface area contributed by atoms with Gasteiger partial charge in [-0.15, -0.1) is 0 Å². The Morgan fingerprint density at radius 1 is 1.22 bits per heavy atom. The maximum Gasteiger partial charge on any atom is 0.179 e. The Morgan fingerprint density at radius 2 is 1.83 bits per heavy atom. The first-order chi connectivity index (χ1) is 8.18. The van der Waals surface area contributed by atoms with Crippen LogP contribution in [0.15, 0.2) is 23.1 Å². The molecule has 0 unspecified atom stereocenters. The number of hydrogen-bond acceptors (Lipinski definition) is 3. The number of sulfone groups is 1. The van der Waals surface area contributed by atoms with E-state index in [-0.39, 0.29) is 11.2 Å². The summed E-state index contributed by atoms with van der Waals surface area (Å²) in [6.45, 7) is 8.70. The first kappa shape index (κ1) is 15.2. The van der Waals surface area contributed by atoms with Crippen molar-refractivity contribution >= 4 is 9.84 Å². The molecule has 102 valence electrons. The van der Waals surface area contributed by atoms with E-state index in [0.717, 1.165) is 11.1 Å². The largest absolute Gasteiger partial charge is 0.319 e. The Balaban J connectivity index is 3.14. The molecule has 18 heavy (non-hydrogen) atoms. The second-order valence-electron chi connectivity index (χ2n) is 5.65. The SMILES string of the molecule is CNCCS(=O)(=O)c1ccc(C(C)(C)C)cc1C. The highest BCUT2D eigenvalue weighted by atomic mass is 32.2. The van der Waals surface area contributed by atoms with Gasteiger partial charge in [0.1, 0.15) is 0 Å². The monoisotopic (exact) mass is 269 g/mol. The number of hydrogen-bond donors (Lipinski definition) is 1. The normalized spacial score (nSPS) is 12.7. The summed E-state index contributed by atoms with van der Waals surface area (Å²) >= 11 is 0. The van der Waals surface area contributed by atoms with Crippen molar-refractivity contribution in [2.45, 2.75) is 38.0 Å². The zero-order valence-electron chi connectivity index (χ0n) is 11.9. The van der Waals surface area contributed by atoms with E-state index in [1.807, 2.05) is 19.1 Å². The van der Waals surface area contributed by atoms with E-state index < -0.39 is 9.84 Å². The predicted octanol–water partition coefficient (Wildman–Crippen LogP) is 2.29. The molecule has 0 aliphatic heterocycles. The molecule has 1 N–H and O–H groups in total. The number of benzene rings is 1. The lowest BCUT2D eigenvalue weighted by Crippen LogP contribution is -2.20. The van der Waals surface area contributed by atoms with Gasteiger partial charge in [0, 0.05) is 6.54 Å². The summed E-state index contributed by atoms with van der Waals surface area (Å²) in [5, 5.41) is 2.87. The average Bonchev–Trinajstić information content (AvgIpc) is 2.24. The summed E-state index contributed by atoms with van der Waals surface area (Å²) in [6.07, 6.45) is 0. The van der Waals surface area contributed by atoms with Crippen molar-refractivity contribution < 1.29 is 8.42 Å². The second-order valence-corrected chi connectivity index (χ2v) is 7.73. The number of rotatable bonds is 4. The van der Waals surface area contributed by atoms with E-state index in [4.69, 9.17) is 0 Å². The number of aryl methyl sites for hydroxylation is 1.